The van der Waals surface area contributed by atoms with Crippen LogP contribution in [-0.2, 0) is 6.54 Å². The smallest absolute Gasteiger partial charge is 0.354 e. The molecule has 0 unspecified atom stereocenters. The fourth-order valence-corrected chi connectivity index (χ4v) is 2.96. The number of pyridine rings is 1. The van der Waals surface area contributed by atoms with E-state index in [1.165, 1.54) is 11.6 Å². The fraction of sp³-hybridized carbons (Fsp3) is 0.294. The van der Waals surface area contributed by atoms with Crippen LogP contribution in [0.25, 0.3) is 0 Å². The van der Waals surface area contributed by atoms with Gasteiger partial charge in [0.25, 0.3) is 0 Å². The van der Waals surface area contributed by atoms with E-state index in [-0.39, 0.29) is 5.69 Å². The average molecular weight is 332 g/mol. The number of hydrogen-bond donors (Lipinski definition) is 1. The minimum atomic E-state index is -0.994. The lowest BCUT2D eigenvalue weighted by Crippen LogP contribution is -2.46. The predicted octanol–water partition coefficient (Wildman–Crippen LogP) is 2.76. The van der Waals surface area contributed by atoms with Gasteiger partial charge in [0.2, 0.25) is 0 Å². The van der Waals surface area contributed by atoms with Crippen LogP contribution in [0.5, 0.6) is 0 Å². The first-order chi connectivity index (χ1) is 11.1. The van der Waals surface area contributed by atoms with E-state index < -0.39 is 5.97 Å². The highest BCUT2D eigenvalue weighted by Crippen LogP contribution is 2.17. The number of aromatic carboxylic acids is 1. The monoisotopic (exact) mass is 331 g/mol. The van der Waals surface area contributed by atoms with Gasteiger partial charge in [-0.25, -0.2) is 9.78 Å². The molecular formula is C17H18ClN3O2. The molecule has 2 aromatic rings. The second kappa shape index (κ2) is 6.98. The lowest BCUT2D eigenvalue weighted by Gasteiger charge is -2.35. The molecule has 1 saturated heterocycles. The third-order valence-electron chi connectivity index (χ3n) is 3.95. The molecule has 1 aliphatic heterocycles. The van der Waals surface area contributed by atoms with Crippen LogP contribution in [0.4, 0.5) is 5.82 Å². The summed E-state index contributed by atoms with van der Waals surface area (Å²) in [5, 5.41) is 9.80. The van der Waals surface area contributed by atoms with Gasteiger partial charge in [0.15, 0.2) is 5.69 Å². The van der Waals surface area contributed by atoms with Crippen molar-refractivity contribution >= 4 is 23.4 Å². The van der Waals surface area contributed by atoms with Gasteiger partial charge in [-0.1, -0.05) is 29.8 Å². The zero-order chi connectivity index (χ0) is 16.2. The van der Waals surface area contributed by atoms with Crippen molar-refractivity contribution in [2.45, 2.75) is 6.54 Å². The summed E-state index contributed by atoms with van der Waals surface area (Å²) in [5.41, 5.74) is 1.29. The van der Waals surface area contributed by atoms with Crippen LogP contribution in [0.1, 0.15) is 16.1 Å². The lowest BCUT2D eigenvalue weighted by atomic mass is 10.2. The Morgan fingerprint density at radius 1 is 1.13 bits per heavy atom. The molecule has 0 radical (unpaired) electrons. The fourth-order valence-electron chi connectivity index (χ4n) is 2.75. The zero-order valence-corrected chi connectivity index (χ0v) is 13.4. The summed E-state index contributed by atoms with van der Waals surface area (Å²) in [6.07, 6.45) is 0. The molecule has 3 rings (SSSR count). The van der Waals surface area contributed by atoms with Gasteiger partial charge in [-0.3, -0.25) is 4.90 Å². The average Bonchev–Trinajstić information content (AvgIpc) is 2.56. The standard InChI is InChI=1S/C17H18ClN3O2/c18-14-4-1-3-13(11-14)12-20-7-9-21(10-8-20)16-6-2-5-15(19-16)17(22)23/h1-6,11H,7-10,12H2,(H,22,23). The molecule has 0 saturated carbocycles. The van der Waals surface area contributed by atoms with E-state index in [9.17, 15) is 4.79 Å². The molecule has 2 heterocycles. The SMILES string of the molecule is O=C(O)c1cccc(N2CCN(Cc3cccc(Cl)c3)CC2)n1. The summed E-state index contributed by atoms with van der Waals surface area (Å²) >= 11 is 6.02. The molecule has 0 spiro atoms. The second-order valence-corrected chi connectivity index (χ2v) is 6.02. The Morgan fingerprint density at radius 2 is 1.87 bits per heavy atom. The van der Waals surface area contributed by atoms with Crippen molar-refractivity contribution in [3.63, 3.8) is 0 Å². The van der Waals surface area contributed by atoms with Gasteiger partial charge in [0.1, 0.15) is 5.82 Å². The van der Waals surface area contributed by atoms with Crippen LogP contribution in [0.3, 0.4) is 0 Å². The Bertz CT molecular complexity index is 700. The van der Waals surface area contributed by atoms with Crippen LogP contribution in [-0.4, -0.2) is 47.1 Å². The van der Waals surface area contributed by atoms with Crippen molar-refractivity contribution < 1.29 is 9.90 Å². The van der Waals surface area contributed by atoms with E-state index in [0.29, 0.717) is 0 Å². The molecule has 1 fully saturated rings. The largest absolute Gasteiger partial charge is 0.477 e. The van der Waals surface area contributed by atoms with Gasteiger partial charge in [0, 0.05) is 37.7 Å². The highest BCUT2D eigenvalue weighted by molar-refractivity contribution is 6.30. The first-order valence-corrected chi connectivity index (χ1v) is 7.92. The molecule has 0 aliphatic carbocycles. The number of carboxylic acids is 1. The molecule has 1 aliphatic rings. The first kappa shape index (κ1) is 15.8. The number of nitrogens with zero attached hydrogens (tertiary/aromatic N) is 3. The maximum absolute atomic E-state index is 11.0. The van der Waals surface area contributed by atoms with Crippen LogP contribution in [0.15, 0.2) is 42.5 Å². The highest BCUT2D eigenvalue weighted by Gasteiger charge is 2.19. The molecule has 120 valence electrons. The van der Waals surface area contributed by atoms with Gasteiger partial charge in [0.05, 0.1) is 0 Å². The quantitative estimate of drug-likeness (QED) is 0.933. The van der Waals surface area contributed by atoms with Crippen molar-refractivity contribution in [1.29, 1.82) is 0 Å². The number of anilines is 1. The Balaban J connectivity index is 1.60. The van der Waals surface area contributed by atoms with E-state index in [2.05, 4.69) is 20.9 Å². The molecule has 0 bridgehead atoms. The maximum Gasteiger partial charge on any atom is 0.354 e. The van der Waals surface area contributed by atoms with Gasteiger partial charge in [-0.2, -0.15) is 0 Å². The van der Waals surface area contributed by atoms with E-state index >= 15 is 0 Å². The van der Waals surface area contributed by atoms with Crippen molar-refractivity contribution in [2.24, 2.45) is 0 Å². The summed E-state index contributed by atoms with van der Waals surface area (Å²) in [6, 6.07) is 13.0. The summed E-state index contributed by atoms with van der Waals surface area (Å²) < 4.78 is 0. The van der Waals surface area contributed by atoms with Gasteiger partial charge in [-0.05, 0) is 29.8 Å². The van der Waals surface area contributed by atoms with Gasteiger partial charge >= 0.3 is 5.97 Å². The van der Waals surface area contributed by atoms with Crippen molar-refractivity contribution in [3.05, 3.63) is 58.7 Å². The first-order valence-electron chi connectivity index (χ1n) is 7.54. The minimum absolute atomic E-state index is 0.0869. The number of carbonyl (C=O) groups is 1. The third kappa shape index (κ3) is 4.00. The number of aromatic nitrogens is 1. The molecule has 1 N–H and O–H groups in total. The molecule has 1 aromatic heterocycles. The van der Waals surface area contributed by atoms with Crippen LogP contribution >= 0.6 is 11.6 Å². The number of piperazine rings is 1. The molecule has 23 heavy (non-hydrogen) atoms. The number of hydrogen-bond acceptors (Lipinski definition) is 4. The van der Waals surface area contributed by atoms with Gasteiger partial charge < -0.3 is 10.0 Å². The van der Waals surface area contributed by atoms with E-state index in [0.717, 1.165) is 43.6 Å². The molecule has 0 amide bonds. The Kier molecular flexibility index (Phi) is 4.79. The molecule has 5 nitrogen and oxygen atoms in total. The Labute approximate surface area is 140 Å². The van der Waals surface area contributed by atoms with E-state index in [1.807, 2.05) is 24.3 Å². The maximum atomic E-state index is 11.0. The Morgan fingerprint density at radius 3 is 2.57 bits per heavy atom. The molecule has 6 heteroatoms. The third-order valence-corrected chi connectivity index (χ3v) is 4.18. The van der Waals surface area contributed by atoms with Crippen molar-refractivity contribution in [3.8, 4) is 0 Å². The highest BCUT2D eigenvalue weighted by atomic mass is 35.5. The normalized spacial score (nSPS) is 15.6. The molecule has 0 atom stereocenters. The van der Waals surface area contributed by atoms with Crippen molar-refractivity contribution in [1.82, 2.24) is 9.88 Å². The Hall–Kier alpha value is -2.11. The molecular weight excluding hydrogens is 314 g/mol. The van der Waals surface area contributed by atoms with Crippen LogP contribution < -0.4 is 4.90 Å². The molecule has 1 aromatic carbocycles. The zero-order valence-electron chi connectivity index (χ0n) is 12.7. The topological polar surface area (TPSA) is 56.7 Å². The summed E-state index contributed by atoms with van der Waals surface area (Å²) in [5.74, 6) is -0.265. The summed E-state index contributed by atoms with van der Waals surface area (Å²) in [6.45, 7) is 4.35. The lowest BCUT2D eigenvalue weighted by molar-refractivity contribution is 0.0690. The van der Waals surface area contributed by atoms with E-state index in [1.54, 1.807) is 6.07 Å². The van der Waals surface area contributed by atoms with Crippen LogP contribution in [0.2, 0.25) is 5.02 Å². The second-order valence-electron chi connectivity index (χ2n) is 5.58. The summed E-state index contributed by atoms with van der Waals surface area (Å²) in [7, 11) is 0. The van der Waals surface area contributed by atoms with Crippen LogP contribution in [0, 0.1) is 0 Å². The predicted molar refractivity (Wildman–Crippen MR) is 90.1 cm³/mol. The van der Waals surface area contributed by atoms with E-state index in [4.69, 9.17) is 16.7 Å². The number of benzene rings is 1. The summed E-state index contributed by atoms with van der Waals surface area (Å²) in [4.78, 5) is 19.7. The number of halogens is 1. The number of carboxylic acid groups (broad SMARTS) is 1. The minimum Gasteiger partial charge on any atom is -0.477 e. The van der Waals surface area contributed by atoms with Gasteiger partial charge in [-0.15, -0.1) is 0 Å². The van der Waals surface area contributed by atoms with Crippen molar-refractivity contribution in [2.75, 3.05) is 31.1 Å². The number of rotatable bonds is 4.